The number of benzene rings is 1. The van der Waals surface area contributed by atoms with E-state index in [1.54, 1.807) is 24.1 Å². The van der Waals surface area contributed by atoms with Crippen LogP contribution in [0.4, 0.5) is 10.1 Å². The van der Waals surface area contributed by atoms with E-state index in [1.807, 2.05) is 6.92 Å². The topological polar surface area (TPSA) is 113 Å². The number of amidine groups is 1. The summed E-state index contributed by atoms with van der Waals surface area (Å²) in [7, 11) is 1.75. The molecule has 2 aliphatic heterocycles. The van der Waals surface area contributed by atoms with Gasteiger partial charge in [0.1, 0.15) is 11.7 Å². The van der Waals surface area contributed by atoms with Gasteiger partial charge in [0, 0.05) is 62.3 Å². The number of halogens is 1. The first kappa shape index (κ1) is 23.5. The lowest BCUT2D eigenvalue weighted by Crippen LogP contribution is -2.42. The fraction of sp³-hybridized carbons (Fsp3) is 0.435. The van der Waals surface area contributed by atoms with Crippen LogP contribution in [0.15, 0.2) is 35.2 Å². The molecule has 0 unspecified atom stereocenters. The third-order valence-electron chi connectivity index (χ3n) is 5.86. The molecule has 0 radical (unpaired) electrons. The summed E-state index contributed by atoms with van der Waals surface area (Å²) in [4.78, 5) is 13.6. The maximum absolute atomic E-state index is 14.9. The molecule has 1 saturated heterocycles. The Morgan fingerprint density at radius 2 is 2.12 bits per heavy atom. The van der Waals surface area contributed by atoms with Gasteiger partial charge in [-0.25, -0.2) is 4.39 Å². The van der Waals surface area contributed by atoms with E-state index in [-0.39, 0.29) is 23.5 Å². The average molecular weight is 443 g/mol. The van der Waals surface area contributed by atoms with E-state index in [0.717, 1.165) is 17.8 Å². The van der Waals surface area contributed by atoms with E-state index in [1.165, 1.54) is 19.2 Å². The average Bonchev–Trinajstić information content (AvgIpc) is 3.29. The van der Waals surface area contributed by atoms with Gasteiger partial charge in [0.25, 0.3) is 0 Å². The number of rotatable bonds is 7. The molecule has 1 amide bonds. The molecule has 1 aromatic rings. The van der Waals surface area contributed by atoms with Gasteiger partial charge >= 0.3 is 0 Å². The van der Waals surface area contributed by atoms with Gasteiger partial charge in [0.05, 0.1) is 24.9 Å². The molecule has 2 aliphatic rings. The van der Waals surface area contributed by atoms with Crippen molar-refractivity contribution in [3.8, 4) is 0 Å². The standard InChI is InChI=1S/C23H31FN6O2/c1-14(27-3)18(11-25)16-4-5-22(20(24)10-16)29-23(26)19-12-30(15(2)31)8-6-21(19)28-17-7-9-32-13-17/h4-5,10-11,17,25,27-28H,6-9,12-13H2,1-3H3,(H2,26,29)/b18-14+,25-11?/t17-/m1/s1. The van der Waals surface area contributed by atoms with Crippen molar-refractivity contribution < 1.29 is 13.9 Å². The third-order valence-corrected chi connectivity index (χ3v) is 5.86. The molecule has 9 heteroatoms. The Bertz CT molecular complexity index is 965. The molecule has 2 heterocycles. The molecule has 0 aromatic heterocycles. The van der Waals surface area contributed by atoms with E-state index in [2.05, 4.69) is 16.0 Å². The Labute approximate surface area is 187 Å². The Hall–Kier alpha value is -3.20. The summed E-state index contributed by atoms with van der Waals surface area (Å²) in [5.74, 6) is -0.521. The van der Waals surface area contributed by atoms with Crippen LogP contribution >= 0.6 is 0 Å². The van der Waals surface area contributed by atoms with Gasteiger partial charge in [-0.2, -0.15) is 0 Å². The summed E-state index contributed by atoms with van der Waals surface area (Å²) in [6.45, 7) is 5.51. The normalized spacial score (nSPS) is 19.4. The van der Waals surface area contributed by atoms with Crippen LogP contribution in [0.5, 0.6) is 0 Å². The minimum Gasteiger partial charge on any atom is -0.391 e. The molecule has 8 nitrogen and oxygen atoms in total. The van der Waals surface area contributed by atoms with Crippen LogP contribution in [0.2, 0.25) is 0 Å². The van der Waals surface area contributed by atoms with Crippen molar-refractivity contribution in [1.82, 2.24) is 15.5 Å². The fourth-order valence-electron chi connectivity index (χ4n) is 3.85. The highest BCUT2D eigenvalue weighted by Crippen LogP contribution is 2.24. The number of nitrogens with one attached hydrogen (secondary N) is 5. The Morgan fingerprint density at radius 1 is 1.34 bits per heavy atom. The number of amides is 1. The maximum Gasteiger partial charge on any atom is 0.219 e. The lowest BCUT2D eigenvalue weighted by molar-refractivity contribution is -0.128. The maximum atomic E-state index is 14.9. The first-order valence-corrected chi connectivity index (χ1v) is 10.7. The Balaban J connectivity index is 1.84. The Morgan fingerprint density at radius 3 is 2.72 bits per heavy atom. The molecule has 0 aliphatic carbocycles. The number of carbonyl (C=O) groups excluding carboxylic acids is 1. The van der Waals surface area contributed by atoms with Gasteiger partial charge in [-0.15, -0.1) is 0 Å². The van der Waals surface area contributed by atoms with Gasteiger partial charge in [-0.05, 0) is 31.0 Å². The van der Waals surface area contributed by atoms with Crippen LogP contribution in [0.3, 0.4) is 0 Å². The summed E-state index contributed by atoms with van der Waals surface area (Å²) in [5.41, 5.74) is 3.63. The van der Waals surface area contributed by atoms with Gasteiger partial charge < -0.3 is 31.0 Å². The van der Waals surface area contributed by atoms with Crippen LogP contribution in [-0.2, 0) is 9.53 Å². The highest BCUT2D eigenvalue weighted by Gasteiger charge is 2.26. The molecule has 1 fully saturated rings. The second-order valence-electron chi connectivity index (χ2n) is 7.98. The van der Waals surface area contributed by atoms with E-state index >= 15 is 0 Å². The zero-order valence-corrected chi connectivity index (χ0v) is 18.8. The quantitative estimate of drug-likeness (QED) is 0.329. The van der Waals surface area contributed by atoms with Gasteiger partial charge in [-0.1, -0.05) is 6.07 Å². The van der Waals surface area contributed by atoms with Gasteiger partial charge in [0.15, 0.2) is 0 Å². The number of allylic oxidation sites excluding steroid dienone is 2. The lowest BCUT2D eigenvalue weighted by Gasteiger charge is -2.32. The molecule has 0 saturated carbocycles. The summed E-state index contributed by atoms with van der Waals surface area (Å²) < 4.78 is 20.3. The highest BCUT2D eigenvalue weighted by atomic mass is 19.1. The van der Waals surface area contributed by atoms with E-state index in [4.69, 9.17) is 15.6 Å². The zero-order chi connectivity index (χ0) is 23.3. The predicted octanol–water partition coefficient (Wildman–Crippen LogP) is 2.70. The van der Waals surface area contributed by atoms with Crippen LogP contribution in [0.1, 0.15) is 32.3 Å². The largest absolute Gasteiger partial charge is 0.391 e. The molecule has 1 aromatic carbocycles. The molecule has 3 rings (SSSR count). The Kier molecular flexibility index (Phi) is 7.63. The molecule has 1 atom stereocenters. The van der Waals surface area contributed by atoms with E-state index in [0.29, 0.717) is 49.4 Å². The third kappa shape index (κ3) is 5.34. The number of hydrogen-bond donors (Lipinski definition) is 5. The minimum atomic E-state index is -0.519. The molecular weight excluding hydrogens is 411 g/mol. The molecule has 0 bridgehead atoms. The summed E-state index contributed by atoms with van der Waals surface area (Å²) in [5, 5.41) is 25.6. The van der Waals surface area contributed by atoms with Crippen molar-refractivity contribution in [2.45, 2.75) is 32.7 Å². The summed E-state index contributed by atoms with van der Waals surface area (Å²) >= 11 is 0. The second-order valence-corrected chi connectivity index (χ2v) is 7.98. The van der Waals surface area contributed by atoms with Crippen molar-refractivity contribution in [3.05, 3.63) is 46.5 Å². The fourth-order valence-corrected chi connectivity index (χ4v) is 3.85. The van der Waals surface area contributed by atoms with Crippen LogP contribution in [-0.4, -0.2) is 62.3 Å². The first-order chi connectivity index (χ1) is 15.3. The van der Waals surface area contributed by atoms with Crippen molar-refractivity contribution in [2.75, 3.05) is 38.7 Å². The minimum absolute atomic E-state index is 0.0539. The first-order valence-electron chi connectivity index (χ1n) is 10.7. The number of ether oxygens (including phenoxy) is 1. The molecule has 172 valence electrons. The number of nitrogens with zero attached hydrogens (tertiary/aromatic N) is 1. The number of carbonyl (C=O) groups is 1. The van der Waals surface area contributed by atoms with Crippen molar-refractivity contribution in [1.29, 1.82) is 10.8 Å². The van der Waals surface area contributed by atoms with Gasteiger partial charge in [0.2, 0.25) is 5.91 Å². The van der Waals surface area contributed by atoms with E-state index < -0.39 is 5.82 Å². The number of hydrogen-bond acceptors (Lipinski definition) is 6. The molecular formula is C23H31FN6O2. The highest BCUT2D eigenvalue weighted by molar-refractivity contribution is 6.10. The number of anilines is 1. The predicted molar refractivity (Wildman–Crippen MR) is 124 cm³/mol. The molecule has 5 N–H and O–H groups in total. The van der Waals surface area contributed by atoms with Gasteiger partial charge in [-0.3, -0.25) is 10.2 Å². The molecule has 0 spiro atoms. The SMILES string of the molecule is CN/C(C)=C(\C=N)c1ccc(NC(=N)C2=C(N[C@@H]3CCOC3)CCN(C(C)=O)C2)c(F)c1. The van der Waals surface area contributed by atoms with Crippen molar-refractivity contribution in [2.24, 2.45) is 0 Å². The lowest BCUT2D eigenvalue weighted by atomic mass is 10.0. The molecule has 32 heavy (non-hydrogen) atoms. The summed E-state index contributed by atoms with van der Waals surface area (Å²) in [6, 6.07) is 4.81. The van der Waals surface area contributed by atoms with Crippen LogP contribution in [0, 0.1) is 16.6 Å². The van der Waals surface area contributed by atoms with E-state index in [9.17, 15) is 9.18 Å². The van der Waals surface area contributed by atoms with Crippen LogP contribution in [0.25, 0.3) is 5.57 Å². The summed E-state index contributed by atoms with van der Waals surface area (Å²) in [6.07, 6.45) is 2.68. The zero-order valence-electron chi connectivity index (χ0n) is 18.8. The van der Waals surface area contributed by atoms with Crippen LogP contribution < -0.4 is 16.0 Å². The monoisotopic (exact) mass is 442 g/mol. The smallest absolute Gasteiger partial charge is 0.219 e. The van der Waals surface area contributed by atoms with Crippen molar-refractivity contribution >= 4 is 29.2 Å². The second kappa shape index (κ2) is 10.4. The van der Waals surface area contributed by atoms with Crippen molar-refractivity contribution in [3.63, 3.8) is 0 Å².